The number of hydrogen-bond donors (Lipinski definition) is 3. The molecule has 3 N–H and O–H groups in total. The number of carbonyl (C=O) groups excluding carboxylic acids is 2. The smallest absolute Gasteiger partial charge is 0.338 e. The van der Waals surface area contributed by atoms with Crippen LogP contribution in [0.5, 0.6) is 0 Å². The minimum Gasteiger partial charge on any atom is -0.463 e. The highest BCUT2D eigenvalue weighted by molar-refractivity contribution is 9.10. The number of benzene rings is 1. The van der Waals surface area contributed by atoms with Crippen molar-refractivity contribution in [2.75, 3.05) is 46.0 Å². The van der Waals surface area contributed by atoms with Crippen LogP contribution in [-0.4, -0.2) is 84.8 Å². The third kappa shape index (κ3) is 6.63. The fourth-order valence-corrected chi connectivity index (χ4v) is 5.52. The molecule has 3 heterocycles. The summed E-state index contributed by atoms with van der Waals surface area (Å²) in [7, 11) is 0. The van der Waals surface area contributed by atoms with Crippen LogP contribution in [0.3, 0.4) is 0 Å². The molecule has 1 aromatic carbocycles. The molecular weight excluding hydrogens is 562 g/mol. The zero-order chi connectivity index (χ0) is 26.4. The average Bonchev–Trinajstić information content (AvgIpc) is 3.42. The number of hydrogen-bond acceptors (Lipinski definition) is 10. The number of aliphatic hydroxyl groups excluding tert-OH is 1. The molecule has 12 heteroatoms. The number of morpholine rings is 1. The van der Waals surface area contributed by atoms with Crippen LogP contribution >= 0.6 is 27.3 Å². The van der Waals surface area contributed by atoms with E-state index in [0.717, 1.165) is 15.6 Å². The summed E-state index contributed by atoms with van der Waals surface area (Å²) in [4.78, 5) is 37.2. The maximum absolute atomic E-state index is 13.3. The summed E-state index contributed by atoms with van der Waals surface area (Å²) in [5.74, 6) is -0.155. The number of aliphatic hydroxyl groups is 1. The van der Waals surface area contributed by atoms with Gasteiger partial charge in [0.15, 0.2) is 10.8 Å². The van der Waals surface area contributed by atoms with E-state index in [1.165, 1.54) is 11.3 Å². The van der Waals surface area contributed by atoms with Gasteiger partial charge in [-0.25, -0.2) is 9.78 Å². The zero-order valence-electron chi connectivity index (χ0n) is 20.7. The lowest BCUT2D eigenvalue weighted by atomic mass is 9.94. The van der Waals surface area contributed by atoms with Crippen molar-refractivity contribution >= 4 is 45.0 Å². The number of aromatic nitrogens is 1. The Labute approximate surface area is 227 Å². The Kier molecular flexibility index (Phi) is 9.43. The van der Waals surface area contributed by atoms with Crippen molar-refractivity contribution in [2.45, 2.75) is 26.0 Å². The molecule has 0 saturated carbocycles. The molecule has 37 heavy (non-hydrogen) atoms. The number of carbonyl (C=O) groups is 2. The summed E-state index contributed by atoms with van der Waals surface area (Å²) in [6.45, 7) is 5.65. The van der Waals surface area contributed by atoms with Crippen molar-refractivity contribution in [2.24, 2.45) is 4.99 Å². The molecule has 4 rings (SSSR count). The van der Waals surface area contributed by atoms with Gasteiger partial charge < -0.3 is 25.2 Å². The van der Waals surface area contributed by atoms with Crippen molar-refractivity contribution in [1.82, 2.24) is 20.5 Å². The van der Waals surface area contributed by atoms with Crippen molar-refractivity contribution in [3.8, 4) is 0 Å². The zero-order valence-corrected chi connectivity index (χ0v) is 23.1. The molecular formula is C25H30BrN5O5S. The van der Waals surface area contributed by atoms with E-state index in [0.29, 0.717) is 48.4 Å². The van der Waals surface area contributed by atoms with Gasteiger partial charge in [0.2, 0.25) is 0 Å². The van der Waals surface area contributed by atoms with Gasteiger partial charge in [-0.2, -0.15) is 0 Å². The van der Waals surface area contributed by atoms with E-state index in [2.05, 4.69) is 36.4 Å². The fraction of sp³-hybridized carbons (Fsp3) is 0.440. The Hall–Kier alpha value is -2.64. The molecule has 0 bridgehead atoms. The highest BCUT2D eigenvalue weighted by atomic mass is 79.9. The molecule has 2 aromatic rings. The van der Waals surface area contributed by atoms with Gasteiger partial charge in [0.05, 0.1) is 25.4 Å². The van der Waals surface area contributed by atoms with E-state index < -0.39 is 18.1 Å². The lowest BCUT2D eigenvalue weighted by molar-refractivity contribution is -0.140. The Bertz CT molecular complexity index is 1190. The second kappa shape index (κ2) is 12.7. The van der Waals surface area contributed by atoms with E-state index in [4.69, 9.17) is 19.6 Å². The van der Waals surface area contributed by atoms with Gasteiger partial charge in [-0.1, -0.05) is 28.1 Å². The molecule has 0 radical (unpaired) electrons. The van der Waals surface area contributed by atoms with Crippen molar-refractivity contribution in [3.05, 3.63) is 61.7 Å². The van der Waals surface area contributed by atoms with E-state index in [-0.39, 0.29) is 25.7 Å². The fourth-order valence-electron chi connectivity index (χ4n) is 4.22. The number of amides is 1. The molecule has 1 amide bonds. The first-order valence-electron chi connectivity index (χ1n) is 12.0. The third-order valence-corrected chi connectivity index (χ3v) is 7.41. The van der Waals surface area contributed by atoms with Crippen LogP contribution in [0.2, 0.25) is 0 Å². The first-order valence-corrected chi connectivity index (χ1v) is 13.7. The van der Waals surface area contributed by atoms with Gasteiger partial charge >= 0.3 is 5.97 Å². The number of esters is 1. The maximum atomic E-state index is 13.3. The molecule has 2 aliphatic heterocycles. The molecule has 1 fully saturated rings. The molecule has 2 unspecified atom stereocenters. The molecule has 198 valence electrons. The number of nitrogens with one attached hydrogen (secondary N) is 2. The number of aryl methyl sites for hydroxylation is 1. The summed E-state index contributed by atoms with van der Waals surface area (Å²) in [5.41, 5.74) is 2.98. The Balaban J connectivity index is 1.71. The predicted octanol–water partition coefficient (Wildman–Crippen LogP) is 1.93. The van der Waals surface area contributed by atoms with E-state index in [9.17, 15) is 9.59 Å². The quantitative estimate of drug-likeness (QED) is 0.378. The monoisotopic (exact) mass is 591 g/mol. The van der Waals surface area contributed by atoms with Crippen LogP contribution in [0.1, 0.15) is 29.1 Å². The van der Waals surface area contributed by atoms with Crippen LogP contribution in [0, 0.1) is 6.92 Å². The minimum absolute atomic E-state index is 0.142. The molecule has 2 atom stereocenters. The molecule has 0 spiro atoms. The standard InChI is InChI=1S/C25H30BrN5O5S/c1-3-35-25(34)20-18(13-31-8-10-36-19(14-31)23(33)27-6-9-32)29-22(24-28-7-11-37-24)30-21(20)16-5-4-15(2)12-17(16)26/h4-5,7,11-12,19,21,32H,3,6,8-10,13-14H2,1-2H3,(H,27,33)(H,29,30). The number of halogens is 1. The lowest BCUT2D eigenvalue weighted by Gasteiger charge is -2.35. The van der Waals surface area contributed by atoms with Crippen molar-refractivity contribution < 1.29 is 24.2 Å². The number of aliphatic imine (C=N–C) groups is 1. The van der Waals surface area contributed by atoms with E-state index in [1.54, 1.807) is 13.1 Å². The Morgan fingerprint density at radius 2 is 2.24 bits per heavy atom. The highest BCUT2D eigenvalue weighted by Gasteiger charge is 2.35. The first kappa shape index (κ1) is 27.4. The van der Waals surface area contributed by atoms with Gasteiger partial charge in [0.25, 0.3) is 5.91 Å². The summed E-state index contributed by atoms with van der Waals surface area (Å²) >= 11 is 5.11. The second-order valence-corrected chi connectivity index (χ2v) is 10.3. The Morgan fingerprint density at radius 3 is 2.95 bits per heavy atom. The SMILES string of the molecule is CCOC(=O)C1=C(CN2CCOC(C(=O)NCCO)C2)NC(c2nccs2)=NC1c1ccc(C)cc1Br. The van der Waals surface area contributed by atoms with Crippen LogP contribution in [0.4, 0.5) is 0 Å². The number of ether oxygens (including phenoxy) is 2. The van der Waals surface area contributed by atoms with Gasteiger partial charge in [-0.3, -0.25) is 14.7 Å². The maximum Gasteiger partial charge on any atom is 0.338 e. The van der Waals surface area contributed by atoms with Gasteiger partial charge in [0, 0.05) is 47.9 Å². The van der Waals surface area contributed by atoms with Gasteiger partial charge in [-0.15, -0.1) is 11.3 Å². The number of rotatable bonds is 9. The molecule has 2 aliphatic rings. The highest BCUT2D eigenvalue weighted by Crippen LogP contribution is 2.37. The molecule has 1 aromatic heterocycles. The Morgan fingerprint density at radius 1 is 1.41 bits per heavy atom. The molecule has 0 aliphatic carbocycles. The van der Waals surface area contributed by atoms with Gasteiger partial charge in [-0.05, 0) is 31.0 Å². The van der Waals surface area contributed by atoms with Crippen molar-refractivity contribution in [3.63, 3.8) is 0 Å². The van der Waals surface area contributed by atoms with Crippen LogP contribution < -0.4 is 10.6 Å². The summed E-state index contributed by atoms with van der Waals surface area (Å²) in [5, 5.41) is 17.6. The van der Waals surface area contributed by atoms with Crippen molar-refractivity contribution in [1.29, 1.82) is 0 Å². The summed E-state index contributed by atoms with van der Waals surface area (Å²) in [6, 6.07) is 5.33. The second-order valence-electron chi connectivity index (χ2n) is 8.59. The first-order chi connectivity index (χ1) is 17.9. The van der Waals surface area contributed by atoms with Gasteiger partial charge in [0.1, 0.15) is 12.1 Å². The largest absolute Gasteiger partial charge is 0.463 e. The number of thiazole rings is 1. The predicted molar refractivity (Wildman–Crippen MR) is 143 cm³/mol. The average molecular weight is 593 g/mol. The van der Waals surface area contributed by atoms with Crippen LogP contribution in [0.15, 0.2) is 50.5 Å². The summed E-state index contributed by atoms with van der Waals surface area (Å²) in [6.07, 6.45) is 1.03. The lowest BCUT2D eigenvalue weighted by Crippen LogP contribution is -2.51. The van der Waals surface area contributed by atoms with Crippen LogP contribution in [0.25, 0.3) is 0 Å². The summed E-state index contributed by atoms with van der Waals surface area (Å²) < 4.78 is 12.0. The third-order valence-electron chi connectivity index (χ3n) is 5.94. The number of nitrogens with zero attached hydrogens (tertiary/aromatic N) is 3. The normalized spacial score (nSPS) is 20.3. The van der Waals surface area contributed by atoms with E-state index >= 15 is 0 Å². The molecule has 1 saturated heterocycles. The van der Waals surface area contributed by atoms with E-state index in [1.807, 2.05) is 30.5 Å². The minimum atomic E-state index is -0.676. The van der Waals surface area contributed by atoms with Crippen LogP contribution in [-0.2, 0) is 19.1 Å². The molecule has 10 nitrogen and oxygen atoms in total. The topological polar surface area (TPSA) is 125 Å². The number of amidine groups is 1.